The van der Waals surface area contributed by atoms with Gasteiger partial charge in [0.2, 0.25) is 0 Å². The first-order valence-electron chi connectivity index (χ1n) is 6.39. The molecule has 0 fully saturated rings. The summed E-state index contributed by atoms with van der Waals surface area (Å²) in [7, 11) is 0. The van der Waals surface area contributed by atoms with Crippen LogP contribution in [-0.4, -0.2) is 12.4 Å². The third kappa shape index (κ3) is 2.70. The van der Waals surface area contributed by atoms with E-state index in [-0.39, 0.29) is 5.78 Å². The van der Waals surface area contributed by atoms with Crippen molar-refractivity contribution in [2.45, 2.75) is 26.7 Å². The summed E-state index contributed by atoms with van der Waals surface area (Å²) in [5.74, 6) is 0.991. The monoisotopic (exact) mass is 242 g/mol. The lowest BCUT2D eigenvalue weighted by molar-refractivity contribution is 0.101. The van der Waals surface area contributed by atoms with Gasteiger partial charge in [-0.25, -0.2) is 0 Å². The van der Waals surface area contributed by atoms with Gasteiger partial charge in [0.1, 0.15) is 5.75 Å². The summed E-state index contributed by atoms with van der Waals surface area (Å²) in [6.45, 7) is 4.47. The van der Waals surface area contributed by atoms with Crippen LogP contribution < -0.4 is 4.74 Å². The van der Waals surface area contributed by atoms with Crippen molar-refractivity contribution >= 4 is 16.6 Å². The van der Waals surface area contributed by atoms with E-state index >= 15 is 0 Å². The van der Waals surface area contributed by atoms with Crippen molar-refractivity contribution in [2.24, 2.45) is 0 Å². The fourth-order valence-corrected chi connectivity index (χ4v) is 1.93. The number of benzene rings is 2. The quantitative estimate of drug-likeness (QED) is 0.579. The van der Waals surface area contributed by atoms with Crippen molar-refractivity contribution < 1.29 is 9.53 Å². The van der Waals surface area contributed by atoms with Crippen LogP contribution in [-0.2, 0) is 0 Å². The zero-order valence-electron chi connectivity index (χ0n) is 10.9. The minimum absolute atomic E-state index is 0.0919. The lowest BCUT2D eigenvalue weighted by atomic mass is 10.0. The molecule has 0 aliphatic heterocycles. The molecule has 2 heteroatoms. The maximum absolute atomic E-state index is 11.4. The van der Waals surface area contributed by atoms with Crippen LogP contribution in [0.4, 0.5) is 0 Å². The van der Waals surface area contributed by atoms with Gasteiger partial charge in [0.05, 0.1) is 6.61 Å². The van der Waals surface area contributed by atoms with Gasteiger partial charge in [-0.2, -0.15) is 0 Å². The Kier molecular flexibility index (Phi) is 3.98. The molecule has 0 aliphatic rings. The van der Waals surface area contributed by atoms with Gasteiger partial charge in [0.25, 0.3) is 0 Å². The third-order valence-corrected chi connectivity index (χ3v) is 3.00. The molecular weight excluding hydrogens is 224 g/mol. The predicted molar refractivity (Wildman–Crippen MR) is 74.4 cm³/mol. The Hall–Kier alpha value is -1.83. The summed E-state index contributed by atoms with van der Waals surface area (Å²) in [5.41, 5.74) is 0.744. The largest absolute Gasteiger partial charge is 0.493 e. The Morgan fingerprint density at radius 2 is 2.06 bits per heavy atom. The summed E-state index contributed by atoms with van der Waals surface area (Å²) >= 11 is 0. The molecule has 0 unspecified atom stereocenters. The third-order valence-electron chi connectivity index (χ3n) is 3.00. The van der Waals surface area contributed by atoms with E-state index in [0.29, 0.717) is 0 Å². The standard InChI is InChI=1S/C16H18O2/c1-3-4-10-18-16-7-5-6-14-11-13(12(2)17)8-9-15(14)16/h5-9,11H,3-4,10H2,1-2H3. The summed E-state index contributed by atoms with van der Waals surface area (Å²) in [6, 6.07) is 11.7. The van der Waals surface area contributed by atoms with E-state index in [1.54, 1.807) is 6.92 Å². The second-order valence-corrected chi connectivity index (χ2v) is 4.45. The average Bonchev–Trinajstić information content (AvgIpc) is 2.38. The first kappa shape index (κ1) is 12.6. The molecule has 0 N–H and O–H groups in total. The number of carbonyl (C=O) groups is 1. The zero-order chi connectivity index (χ0) is 13.0. The van der Waals surface area contributed by atoms with Crippen molar-refractivity contribution in [3.63, 3.8) is 0 Å². The number of hydrogen-bond acceptors (Lipinski definition) is 2. The molecular formula is C16H18O2. The normalized spacial score (nSPS) is 10.6. The molecule has 18 heavy (non-hydrogen) atoms. The van der Waals surface area contributed by atoms with Gasteiger partial charge in [-0.15, -0.1) is 0 Å². The van der Waals surface area contributed by atoms with E-state index in [4.69, 9.17) is 4.74 Å². The zero-order valence-corrected chi connectivity index (χ0v) is 10.9. The van der Waals surface area contributed by atoms with Crippen LogP contribution in [0.2, 0.25) is 0 Å². The second kappa shape index (κ2) is 5.67. The molecule has 0 bridgehead atoms. The highest BCUT2D eigenvalue weighted by Crippen LogP contribution is 2.26. The maximum atomic E-state index is 11.4. The van der Waals surface area contributed by atoms with E-state index in [1.807, 2.05) is 36.4 Å². The SMILES string of the molecule is CCCCOc1cccc2cc(C(C)=O)ccc12. The average molecular weight is 242 g/mol. The van der Waals surface area contributed by atoms with Crippen molar-refractivity contribution in [1.29, 1.82) is 0 Å². The van der Waals surface area contributed by atoms with Gasteiger partial charge in [0.15, 0.2) is 5.78 Å². The van der Waals surface area contributed by atoms with Crippen LogP contribution in [0.15, 0.2) is 36.4 Å². The van der Waals surface area contributed by atoms with Gasteiger partial charge in [0, 0.05) is 10.9 Å². The number of ether oxygens (including phenoxy) is 1. The molecule has 94 valence electrons. The van der Waals surface area contributed by atoms with E-state index in [1.165, 1.54) is 0 Å². The Labute approximate surface area is 108 Å². The fourth-order valence-electron chi connectivity index (χ4n) is 1.93. The van der Waals surface area contributed by atoms with Crippen molar-refractivity contribution in [3.8, 4) is 5.75 Å². The van der Waals surface area contributed by atoms with Gasteiger partial charge in [-0.05, 0) is 36.9 Å². The molecule has 0 radical (unpaired) electrons. The molecule has 2 aromatic rings. The molecule has 0 aliphatic carbocycles. The Morgan fingerprint density at radius 3 is 2.78 bits per heavy atom. The number of hydrogen-bond donors (Lipinski definition) is 0. The van der Waals surface area contributed by atoms with Gasteiger partial charge in [-0.3, -0.25) is 4.79 Å². The molecule has 0 spiro atoms. The number of Topliss-reactive ketones (excluding diaryl/α,β-unsaturated/α-hetero) is 1. The van der Waals surface area contributed by atoms with Crippen LogP contribution in [0.1, 0.15) is 37.0 Å². The van der Waals surface area contributed by atoms with Gasteiger partial charge < -0.3 is 4.74 Å². The minimum Gasteiger partial charge on any atom is -0.493 e. The van der Waals surface area contributed by atoms with Crippen LogP contribution in [0.3, 0.4) is 0 Å². The predicted octanol–water partition coefficient (Wildman–Crippen LogP) is 4.22. The minimum atomic E-state index is 0.0919. The van der Waals surface area contributed by atoms with Crippen LogP contribution >= 0.6 is 0 Å². The first-order chi connectivity index (χ1) is 8.72. The number of unbranched alkanes of at least 4 members (excludes halogenated alkanes) is 1. The number of fused-ring (bicyclic) bond motifs is 1. The van der Waals surface area contributed by atoms with E-state index in [0.717, 1.165) is 41.5 Å². The van der Waals surface area contributed by atoms with Crippen LogP contribution in [0.25, 0.3) is 10.8 Å². The highest BCUT2D eigenvalue weighted by Gasteiger charge is 2.05. The van der Waals surface area contributed by atoms with E-state index in [9.17, 15) is 4.79 Å². The molecule has 0 heterocycles. The van der Waals surface area contributed by atoms with Crippen molar-refractivity contribution in [3.05, 3.63) is 42.0 Å². The van der Waals surface area contributed by atoms with Crippen LogP contribution in [0.5, 0.6) is 5.75 Å². The molecule has 0 aromatic heterocycles. The first-order valence-corrected chi connectivity index (χ1v) is 6.39. The number of ketones is 1. The maximum Gasteiger partial charge on any atom is 0.159 e. The number of carbonyl (C=O) groups excluding carboxylic acids is 1. The summed E-state index contributed by atoms with van der Waals surface area (Å²) in [6.07, 6.45) is 2.18. The van der Waals surface area contributed by atoms with Gasteiger partial charge >= 0.3 is 0 Å². The molecule has 0 saturated carbocycles. The number of rotatable bonds is 5. The second-order valence-electron chi connectivity index (χ2n) is 4.45. The molecule has 2 rings (SSSR count). The highest BCUT2D eigenvalue weighted by atomic mass is 16.5. The Balaban J connectivity index is 2.34. The van der Waals surface area contributed by atoms with E-state index in [2.05, 4.69) is 6.92 Å². The lowest BCUT2D eigenvalue weighted by Gasteiger charge is -2.09. The molecule has 2 aromatic carbocycles. The Bertz CT molecular complexity index is 558. The summed E-state index contributed by atoms with van der Waals surface area (Å²) in [5, 5.41) is 2.12. The molecule has 0 atom stereocenters. The van der Waals surface area contributed by atoms with Gasteiger partial charge in [-0.1, -0.05) is 31.5 Å². The molecule has 0 saturated heterocycles. The smallest absolute Gasteiger partial charge is 0.159 e. The van der Waals surface area contributed by atoms with Crippen LogP contribution in [0, 0.1) is 0 Å². The van der Waals surface area contributed by atoms with Crippen molar-refractivity contribution in [2.75, 3.05) is 6.61 Å². The summed E-state index contributed by atoms with van der Waals surface area (Å²) < 4.78 is 5.78. The highest BCUT2D eigenvalue weighted by molar-refractivity contribution is 5.99. The fraction of sp³-hybridized carbons (Fsp3) is 0.312. The lowest BCUT2D eigenvalue weighted by Crippen LogP contribution is -1.97. The molecule has 2 nitrogen and oxygen atoms in total. The van der Waals surface area contributed by atoms with Crippen molar-refractivity contribution in [1.82, 2.24) is 0 Å². The summed E-state index contributed by atoms with van der Waals surface area (Å²) in [4.78, 5) is 11.4. The molecule has 0 amide bonds. The topological polar surface area (TPSA) is 26.3 Å². The van der Waals surface area contributed by atoms with E-state index < -0.39 is 0 Å². The Morgan fingerprint density at radius 1 is 1.22 bits per heavy atom.